The summed E-state index contributed by atoms with van der Waals surface area (Å²) >= 11 is 0. The zero-order valence-corrected chi connectivity index (χ0v) is 22.8. The monoisotopic (exact) mass is 491 g/mol. The lowest BCUT2D eigenvalue weighted by Crippen LogP contribution is -2.49. The molecule has 0 bridgehead atoms. The molecular formula is C29H49NO5. The molecule has 5 rings (SSSR count). The second-order valence-electron chi connectivity index (χ2n) is 13.8. The van der Waals surface area contributed by atoms with Crippen molar-refractivity contribution in [3.63, 3.8) is 0 Å². The molecule has 0 amide bonds. The maximum atomic E-state index is 12.0. The topological polar surface area (TPSA) is 88.0 Å². The molecule has 1 saturated heterocycles. The average molecular weight is 492 g/mol. The number of nitrogens with one attached hydrogen (secondary N) is 1. The molecule has 4 aliphatic carbocycles. The van der Waals surface area contributed by atoms with Gasteiger partial charge in [0.25, 0.3) is 0 Å². The van der Waals surface area contributed by atoms with Crippen molar-refractivity contribution in [3.8, 4) is 0 Å². The number of hydrogen-bond donors (Lipinski definition) is 3. The molecule has 4 saturated carbocycles. The minimum absolute atomic E-state index is 0.0511. The predicted octanol–water partition coefficient (Wildman–Crippen LogP) is 3.92. The van der Waals surface area contributed by atoms with E-state index in [0.717, 1.165) is 25.2 Å². The number of carbonyl (C=O) groups is 1. The van der Waals surface area contributed by atoms with E-state index >= 15 is 0 Å². The van der Waals surface area contributed by atoms with Crippen LogP contribution >= 0.6 is 0 Å². The van der Waals surface area contributed by atoms with Crippen LogP contribution in [0.3, 0.4) is 0 Å². The third-order valence-electron chi connectivity index (χ3n) is 11.7. The fourth-order valence-electron chi connectivity index (χ4n) is 9.73. The number of aliphatic hydroxyl groups excluding tert-OH is 1. The van der Waals surface area contributed by atoms with Crippen molar-refractivity contribution in [1.82, 2.24) is 5.32 Å². The Kier molecular flexibility index (Phi) is 6.64. The molecule has 3 N–H and O–H groups in total. The second-order valence-corrected chi connectivity index (χ2v) is 13.8. The molecule has 0 aromatic rings. The third-order valence-corrected chi connectivity index (χ3v) is 11.7. The van der Waals surface area contributed by atoms with E-state index in [1.54, 1.807) is 7.05 Å². The average Bonchev–Trinajstić information content (AvgIpc) is 3.18. The van der Waals surface area contributed by atoms with Crippen LogP contribution in [-0.2, 0) is 14.3 Å². The van der Waals surface area contributed by atoms with E-state index in [1.807, 2.05) is 13.8 Å². The minimum atomic E-state index is -0.829. The standard InChI is InChI=1S/C29H49NO5/c1-16(17(2)34-25(32)15-30-6)18-7-8-19-20-13-22(31)26(23-9-10-24(35-23)27(3,4)33)28(20,5)11-12-29(19)14-21(18)29/h16-24,26,30-31,33H,7-15H2,1-6H3. The van der Waals surface area contributed by atoms with Gasteiger partial charge in [0, 0.05) is 5.92 Å². The van der Waals surface area contributed by atoms with Gasteiger partial charge in [0.2, 0.25) is 0 Å². The van der Waals surface area contributed by atoms with Crippen LogP contribution in [0.4, 0.5) is 0 Å². The Bertz CT molecular complexity index is 811. The Balaban J connectivity index is 1.27. The van der Waals surface area contributed by atoms with Crippen molar-refractivity contribution >= 4 is 5.97 Å². The zero-order chi connectivity index (χ0) is 25.3. The van der Waals surface area contributed by atoms with E-state index in [-0.39, 0.29) is 48.3 Å². The first-order valence-corrected chi connectivity index (χ1v) is 14.3. The number of rotatable bonds is 7. The molecule has 0 radical (unpaired) electrons. The number of hydrogen-bond acceptors (Lipinski definition) is 6. The van der Waals surface area contributed by atoms with Crippen LogP contribution in [0.1, 0.15) is 86.0 Å². The number of fused-ring (bicyclic) bond motifs is 2. The van der Waals surface area contributed by atoms with E-state index in [2.05, 4.69) is 26.1 Å². The first-order chi connectivity index (χ1) is 16.4. The van der Waals surface area contributed by atoms with Gasteiger partial charge < -0.3 is 25.0 Å². The van der Waals surface area contributed by atoms with E-state index < -0.39 is 5.60 Å². The molecule has 200 valence electrons. The van der Waals surface area contributed by atoms with Crippen molar-refractivity contribution in [2.45, 2.75) is 116 Å². The molecule has 5 fully saturated rings. The smallest absolute Gasteiger partial charge is 0.320 e. The Hall–Kier alpha value is -0.690. The molecule has 1 aliphatic heterocycles. The number of carbonyl (C=O) groups excluding carboxylic acids is 1. The van der Waals surface area contributed by atoms with Crippen LogP contribution in [0, 0.1) is 46.3 Å². The van der Waals surface area contributed by atoms with Crippen LogP contribution in [0.2, 0.25) is 0 Å². The highest BCUT2D eigenvalue weighted by molar-refractivity contribution is 5.71. The first kappa shape index (κ1) is 25.9. The number of likely N-dealkylation sites (N-methyl/N-ethyl adjacent to an activating group) is 1. The lowest BCUT2D eigenvalue weighted by molar-refractivity contribution is -0.151. The summed E-state index contributed by atoms with van der Waals surface area (Å²) in [5, 5.41) is 24.8. The van der Waals surface area contributed by atoms with Crippen molar-refractivity contribution in [2.24, 2.45) is 46.3 Å². The van der Waals surface area contributed by atoms with Crippen LogP contribution in [-0.4, -0.2) is 59.8 Å². The first-order valence-electron chi connectivity index (χ1n) is 14.3. The van der Waals surface area contributed by atoms with E-state index in [4.69, 9.17) is 9.47 Å². The van der Waals surface area contributed by atoms with Crippen molar-refractivity contribution in [1.29, 1.82) is 0 Å². The van der Waals surface area contributed by atoms with E-state index in [9.17, 15) is 15.0 Å². The summed E-state index contributed by atoms with van der Waals surface area (Å²) in [5.74, 6) is 3.02. The van der Waals surface area contributed by atoms with Crippen molar-refractivity contribution in [2.75, 3.05) is 13.6 Å². The minimum Gasteiger partial charge on any atom is -0.461 e. The molecular weight excluding hydrogens is 442 g/mol. The van der Waals surface area contributed by atoms with Gasteiger partial charge in [-0.2, -0.15) is 0 Å². The Morgan fingerprint density at radius 3 is 2.54 bits per heavy atom. The van der Waals surface area contributed by atoms with E-state index in [1.165, 1.54) is 32.1 Å². The highest BCUT2D eigenvalue weighted by atomic mass is 16.5. The van der Waals surface area contributed by atoms with Crippen LogP contribution in [0.25, 0.3) is 0 Å². The lowest BCUT2D eigenvalue weighted by Gasteiger charge is -2.53. The number of aliphatic hydroxyl groups is 2. The molecule has 6 nitrogen and oxygen atoms in total. The number of ether oxygens (including phenoxy) is 2. The summed E-state index contributed by atoms with van der Waals surface area (Å²) in [7, 11) is 1.77. The van der Waals surface area contributed by atoms with Gasteiger partial charge in [-0.3, -0.25) is 4.79 Å². The van der Waals surface area contributed by atoms with Crippen LogP contribution in [0.15, 0.2) is 0 Å². The van der Waals surface area contributed by atoms with Crippen LogP contribution < -0.4 is 5.32 Å². The van der Waals surface area contributed by atoms with Crippen molar-refractivity contribution in [3.05, 3.63) is 0 Å². The van der Waals surface area contributed by atoms with Crippen LogP contribution in [0.5, 0.6) is 0 Å². The normalized spacial score (nSPS) is 48.5. The van der Waals surface area contributed by atoms with Gasteiger partial charge in [-0.05, 0) is 120 Å². The highest BCUT2D eigenvalue weighted by Gasteiger charge is 2.72. The maximum absolute atomic E-state index is 12.0. The largest absolute Gasteiger partial charge is 0.461 e. The Morgan fingerprint density at radius 1 is 1.14 bits per heavy atom. The highest BCUT2D eigenvalue weighted by Crippen LogP contribution is 2.78. The molecule has 5 aliphatic rings. The summed E-state index contributed by atoms with van der Waals surface area (Å²) < 4.78 is 12.2. The lowest BCUT2D eigenvalue weighted by atomic mass is 9.52. The summed E-state index contributed by atoms with van der Waals surface area (Å²) in [6.45, 7) is 10.7. The molecule has 1 heterocycles. The van der Waals surface area contributed by atoms with Gasteiger partial charge in [-0.1, -0.05) is 13.8 Å². The van der Waals surface area contributed by atoms with Crippen molar-refractivity contribution < 1.29 is 24.5 Å². The molecule has 35 heavy (non-hydrogen) atoms. The predicted molar refractivity (Wildman–Crippen MR) is 135 cm³/mol. The SMILES string of the molecule is CNCC(=O)OC(C)C(C)C1CCC2C3CC(O)C(C4CCC(C(C)(C)O)O4)C3(C)CCC23CC13. The summed E-state index contributed by atoms with van der Waals surface area (Å²) in [5.41, 5.74) is -0.267. The maximum Gasteiger partial charge on any atom is 0.320 e. The third kappa shape index (κ3) is 4.19. The molecule has 1 spiro atoms. The molecule has 0 aromatic heterocycles. The summed E-state index contributed by atoms with van der Waals surface area (Å²) in [6, 6.07) is 0. The zero-order valence-electron chi connectivity index (χ0n) is 22.8. The summed E-state index contributed by atoms with van der Waals surface area (Å²) in [6.07, 6.45) is 8.51. The summed E-state index contributed by atoms with van der Waals surface area (Å²) in [4.78, 5) is 12.0. The fraction of sp³-hybridized carbons (Fsp3) is 0.966. The molecule has 12 atom stereocenters. The molecule has 12 unspecified atom stereocenters. The van der Waals surface area contributed by atoms with Gasteiger partial charge in [0.05, 0.1) is 30.5 Å². The quantitative estimate of drug-likeness (QED) is 0.468. The van der Waals surface area contributed by atoms with Gasteiger partial charge in [0.15, 0.2) is 0 Å². The molecule has 6 heteroatoms. The van der Waals surface area contributed by atoms with Gasteiger partial charge in [-0.25, -0.2) is 0 Å². The van der Waals surface area contributed by atoms with Gasteiger partial charge >= 0.3 is 5.97 Å². The Morgan fingerprint density at radius 2 is 1.89 bits per heavy atom. The van der Waals surface area contributed by atoms with E-state index in [0.29, 0.717) is 29.1 Å². The Labute approximate surface area is 211 Å². The van der Waals surface area contributed by atoms with Gasteiger partial charge in [0.1, 0.15) is 6.10 Å². The fourth-order valence-corrected chi connectivity index (χ4v) is 9.73. The molecule has 0 aromatic carbocycles. The van der Waals surface area contributed by atoms with Gasteiger partial charge in [-0.15, -0.1) is 0 Å². The number of esters is 1. The second kappa shape index (κ2) is 8.96.